The summed E-state index contributed by atoms with van der Waals surface area (Å²) >= 11 is 0. The summed E-state index contributed by atoms with van der Waals surface area (Å²) in [7, 11) is 1.43. The van der Waals surface area contributed by atoms with Gasteiger partial charge in [-0.2, -0.15) is 0 Å². The molecule has 0 fully saturated rings. The zero-order valence-corrected chi connectivity index (χ0v) is 13.9. The first kappa shape index (κ1) is 19.7. The maximum absolute atomic E-state index is 10.9. The van der Waals surface area contributed by atoms with Gasteiger partial charge in [-0.25, -0.2) is 0 Å². The molecule has 0 bridgehead atoms. The highest BCUT2D eigenvalue weighted by Gasteiger charge is 1.96. The van der Waals surface area contributed by atoms with Crippen molar-refractivity contribution >= 4 is 5.97 Å². The number of carbonyl (C=O) groups is 1. The Labute approximate surface area is 131 Å². The van der Waals surface area contributed by atoms with E-state index in [1.54, 1.807) is 0 Å². The molecule has 0 saturated carbocycles. The lowest BCUT2D eigenvalue weighted by Crippen LogP contribution is -1.98. The van der Waals surface area contributed by atoms with Crippen LogP contribution >= 0.6 is 0 Å². The van der Waals surface area contributed by atoms with Gasteiger partial charge >= 0.3 is 5.97 Å². The maximum Gasteiger partial charge on any atom is 0.305 e. The van der Waals surface area contributed by atoms with Crippen molar-refractivity contribution in [2.24, 2.45) is 0 Å². The van der Waals surface area contributed by atoms with Gasteiger partial charge in [0.2, 0.25) is 0 Å². The van der Waals surface area contributed by atoms with Crippen molar-refractivity contribution < 1.29 is 9.53 Å². The van der Waals surface area contributed by atoms with Crippen LogP contribution < -0.4 is 0 Å². The number of ether oxygens (including phenoxy) is 1. The van der Waals surface area contributed by atoms with E-state index >= 15 is 0 Å². The lowest BCUT2D eigenvalue weighted by molar-refractivity contribution is -0.140. The van der Waals surface area contributed by atoms with Gasteiger partial charge in [0.1, 0.15) is 0 Å². The number of unbranched alkanes of at least 4 members (excludes halogenated alkanes) is 8. The highest BCUT2D eigenvalue weighted by atomic mass is 16.5. The van der Waals surface area contributed by atoms with Gasteiger partial charge in [0.05, 0.1) is 7.11 Å². The zero-order valence-electron chi connectivity index (χ0n) is 13.9. The minimum atomic E-state index is -0.127. The molecule has 0 spiro atoms. The van der Waals surface area contributed by atoms with Crippen LogP contribution in [0.15, 0.2) is 30.0 Å². The van der Waals surface area contributed by atoms with Crippen LogP contribution in [-0.4, -0.2) is 13.1 Å². The van der Waals surface area contributed by atoms with Gasteiger partial charge in [-0.3, -0.25) is 4.79 Å². The smallest absolute Gasteiger partial charge is 0.305 e. The lowest BCUT2D eigenvalue weighted by Gasteiger charge is -1.98. The normalized spacial score (nSPS) is 10.4. The zero-order chi connectivity index (χ0) is 15.6. The fourth-order valence-electron chi connectivity index (χ4n) is 2.08. The second-order valence-corrected chi connectivity index (χ2v) is 5.31. The first-order chi connectivity index (χ1) is 10.3. The third kappa shape index (κ3) is 16.7. The first-order valence-corrected chi connectivity index (χ1v) is 8.38. The number of carbonyl (C=O) groups excluding carboxylic acids is 1. The Bertz CT molecular complexity index is 322. The standard InChI is InChI=1S/C19H32O2/c1-3-4-5-6-7-8-9-10-11-12-13-14-15-16-17-18-19(20)21-2/h3-4,13,15H,5-12,16-18H2,1-2H3. The Morgan fingerprint density at radius 3 is 2.10 bits per heavy atom. The van der Waals surface area contributed by atoms with Gasteiger partial charge in [-0.15, -0.1) is 5.73 Å². The van der Waals surface area contributed by atoms with E-state index in [0.29, 0.717) is 6.42 Å². The van der Waals surface area contributed by atoms with Crippen LogP contribution in [0.1, 0.15) is 77.6 Å². The first-order valence-electron chi connectivity index (χ1n) is 8.38. The molecular formula is C19H32O2. The highest BCUT2D eigenvalue weighted by Crippen LogP contribution is 2.09. The van der Waals surface area contributed by atoms with E-state index in [1.165, 1.54) is 52.1 Å². The Morgan fingerprint density at radius 1 is 0.905 bits per heavy atom. The van der Waals surface area contributed by atoms with Crippen molar-refractivity contribution in [3.05, 3.63) is 30.0 Å². The topological polar surface area (TPSA) is 26.3 Å². The van der Waals surface area contributed by atoms with Crippen molar-refractivity contribution in [3.63, 3.8) is 0 Å². The molecule has 0 amide bonds. The molecule has 2 heteroatoms. The van der Waals surface area contributed by atoms with Crippen LogP contribution in [0, 0.1) is 0 Å². The predicted octanol–water partition coefficient (Wildman–Crippen LogP) is 5.74. The van der Waals surface area contributed by atoms with Crippen molar-refractivity contribution in [3.8, 4) is 0 Å². The average Bonchev–Trinajstić information content (AvgIpc) is 2.50. The molecule has 2 nitrogen and oxygen atoms in total. The van der Waals surface area contributed by atoms with Crippen LogP contribution in [0.3, 0.4) is 0 Å². The molecule has 0 unspecified atom stereocenters. The monoisotopic (exact) mass is 292 g/mol. The number of allylic oxidation sites excluding steroid dienone is 3. The highest BCUT2D eigenvalue weighted by molar-refractivity contribution is 5.68. The summed E-state index contributed by atoms with van der Waals surface area (Å²) < 4.78 is 4.59. The third-order valence-corrected chi connectivity index (χ3v) is 3.40. The summed E-state index contributed by atoms with van der Waals surface area (Å²) in [5, 5.41) is 0. The Morgan fingerprint density at radius 2 is 1.48 bits per heavy atom. The average molecular weight is 292 g/mol. The summed E-state index contributed by atoms with van der Waals surface area (Å²) in [5.74, 6) is -0.127. The van der Waals surface area contributed by atoms with Crippen LogP contribution in [0.2, 0.25) is 0 Å². The molecule has 0 heterocycles. The largest absolute Gasteiger partial charge is 0.469 e. The van der Waals surface area contributed by atoms with E-state index in [1.807, 2.05) is 6.08 Å². The fourth-order valence-corrected chi connectivity index (χ4v) is 2.08. The van der Waals surface area contributed by atoms with Gasteiger partial charge in [0.15, 0.2) is 0 Å². The summed E-state index contributed by atoms with van der Waals surface area (Å²) in [5.41, 5.74) is 3.19. The molecule has 21 heavy (non-hydrogen) atoms. The van der Waals surface area contributed by atoms with E-state index in [2.05, 4.69) is 35.6 Å². The molecule has 0 aromatic carbocycles. The molecular weight excluding hydrogens is 260 g/mol. The van der Waals surface area contributed by atoms with Crippen molar-refractivity contribution in [2.75, 3.05) is 7.11 Å². The fraction of sp³-hybridized carbons (Fsp3) is 0.684. The molecule has 0 aliphatic carbocycles. The number of methoxy groups -OCH3 is 1. The summed E-state index contributed by atoms with van der Waals surface area (Å²) in [6.07, 6.45) is 21.1. The van der Waals surface area contributed by atoms with E-state index < -0.39 is 0 Å². The SMILES string of the molecule is CC=CCCCCCCCCC=C=CCCCC(=O)OC. The number of hydrogen-bond acceptors (Lipinski definition) is 2. The molecule has 120 valence electrons. The van der Waals surface area contributed by atoms with Crippen LogP contribution in [0.25, 0.3) is 0 Å². The van der Waals surface area contributed by atoms with Gasteiger partial charge in [-0.05, 0) is 57.6 Å². The number of rotatable bonds is 13. The van der Waals surface area contributed by atoms with Crippen LogP contribution in [0.4, 0.5) is 0 Å². The second kappa shape index (κ2) is 16.8. The molecule has 0 aliphatic heterocycles. The van der Waals surface area contributed by atoms with Gasteiger partial charge in [0, 0.05) is 6.42 Å². The molecule has 0 aromatic rings. The van der Waals surface area contributed by atoms with Crippen LogP contribution in [-0.2, 0) is 9.53 Å². The molecule has 0 saturated heterocycles. The van der Waals surface area contributed by atoms with Gasteiger partial charge < -0.3 is 4.74 Å². The summed E-state index contributed by atoms with van der Waals surface area (Å²) in [6.45, 7) is 2.08. The Hall–Kier alpha value is -1.27. The third-order valence-electron chi connectivity index (χ3n) is 3.40. The second-order valence-electron chi connectivity index (χ2n) is 5.31. The van der Waals surface area contributed by atoms with E-state index in [9.17, 15) is 4.79 Å². The van der Waals surface area contributed by atoms with E-state index in [4.69, 9.17) is 0 Å². The molecule has 0 aliphatic rings. The molecule has 0 N–H and O–H groups in total. The molecule has 0 atom stereocenters. The molecule has 0 aromatic heterocycles. The van der Waals surface area contributed by atoms with Crippen molar-refractivity contribution in [1.82, 2.24) is 0 Å². The van der Waals surface area contributed by atoms with Crippen LogP contribution in [0.5, 0.6) is 0 Å². The van der Waals surface area contributed by atoms with Gasteiger partial charge in [-0.1, -0.05) is 37.8 Å². The summed E-state index contributed by atoms with van der Waals surface area (Å²) in [6, 6.07) is 0. The Balaban J connectivity index is 3.26. The number of hydrogen-bond donors (Lipinski definition) is 0. The predicted molar refractivity (Wildman–Crippen MR) is 90.3 cm³/mol. The minimum absolute atomic E-state index is 0.127. The van der Waals surface area contributed by atoms with E-state index in [0.717, 1.165) is 19.3 Å². The summed E-state index contributed by atoms with van der Waals surface area (Å²) in [4.78, 5) is 10.9. The number of esters is 1. The van der Waals surface area contributed by atoms with Gasteiger partial charge in [0.25, 0.3) is 0 Å². The minimum Gasteiger partial charge on any atom is -0.469 e. The Kier molecular flexibility index (Phi) is 15.8. The maximum atomic E-state index is 10.9. The van der Waals surface area contributed by atoms with Crippen molar-refractivity contribution in [2.45, 2.75) is 77.6 Å². The molecule has 0 radical (unpaired) electrons. The quantitative estimate of drug-likeness (QED) is 0.187. The molecule has 0 rings (SSSR count). The lowest BCUT2D eigenvalue weighted by atomic mass is 10.1. The van der Waals surface area contributed by atoms with Crippen molar-refractivity contribution in [1.29, 1.82) is 0 Å². The van der Waals surface area contributed by atoms with E-state index in [-0.39, 0.29) is 5.97 Å².